The molecule has 2 N–H and O–H groups in total. The number of phenols is 1. The maximum Gasteiger partial charge on any atom is 0.132 e. The summed E-state index contributed by atoms with van der Waals surface area (Å²) < 4.78 is 19.3. The second-order valence-electron chi connectivity index (χ2n) is 4.26. The van der Waals surface area contributed by atoms with Crippen LogP contribution in [0.3, 0.4) is 0 Å². The van der Waals surface area contributed by atoms with Gasteiger partial charge in [0.25, 0.3) is 0 Å². The third kappa shape index (κ3) is 2.25. The molecule has 0 spiro atoms. The number of phenolic OH excluding ortho intramolecular Hbond substituents is 1. The van der Waals surface area contributed by atoms with Gasteiger partial charge in [-0.1, -0.05) is 12.1 Å². The van der Waals surface area contributed by atoms with E-state index < -0.39 is 0 Å². The first-order valence-electron chi connectivity index (χ1n) is 5.90. The molecular formula is C15H12FNO2. The molecule has 0 bridgehead atoms. The molecule has 19 heavy (non-hydrogen) atoms. The van der Waals surface area contributed by atoms with Gasteiger partial charge in [-0.2, -0.15) is 0 Å². The lowest BCUT2D eigenvalue weighted by Gasteiger charge is -2.05. The standard InChI is InChI=1S/C15H12FNO2/c16-13-5-2-6-14-15(13)10(8-17-14)9-19-12-4-1-3-11(18)7-12/h1-8,17-18H,9H2. The summed E-state index contributed by atoms with van der Waals surface area (Å²) in [5.41, 5.74) is 1.49. The van der Waals surface area contributed by atoms with Gasteiger partial charge in [0.15, 0.2) is 0 Å². The molecule has 1 heterocycles. The number of nitrogens with one attached hydrogen (secondary N) is 1. The molecule has 96 valence electrons. The van der Waals surface area contributed by atoms with Crippen molar-refractivity contribution in [2.45, 2.75) is 6.61 Å². The maximum absolute atomic E-state index is 13.8. The van der Waals surface area contributed by atoms with Crippen molar-refractivity contribution in [3.8, 4) is 11.5 Å². The number of aromatic nitrogens is 1. The summed E-state index contributed by atoms with van der Waals surface area (Å²) in [4.78, 5) is 3.01. The van der Waals surface area contributed by atoms with Gasteiger partial charge in [-0.15, -0.1) is 0 Å². The molecule has 0 aliphatic rings. The van der Waals surface area contributed by atoms with Crippen molar-refractivity contribution >= 4 is 10.9 Å². The fourth-order valence-corrected chi connectivity index (χ4v) is 2.06. The smallest absolute Gasteiger partial charge is 0.132 e. The lowest BCUT2D eigenvalue weighted by atomic mass is 10.2. The SMILES string of the molecule is Oc1cccc(OCc2c[nH]c3cccc(F)c23)c1. The number of benzene rings is 2. The van der Waals surface area contributed by atoms with Gasteiger partial charge in [0.2, 0.25) is 0 Å². The summed E-state index contributed by atoms with van der Waals surface area (Å²) >= 11 is 0. The molecule has 0 unspecified atom stereocenters. The molecular weight excluding hydrogens is 245 g/mol. The van der Waals surface area contributed by atoms with Crippen molar-refractivity contribution in [1.82, 2.24) is 4.98 Å². The Morgan fingerprint density at radius 1 is 1.16 bits per heavy atom. The van der Waals surface area contributed by atoms with Crippen molar-refractivity contribution in [1.29, 1.82) is 0 Å². The second-order valence-corrected chi connectivity index (χ2v) is 4.26. The maximum atomic E-state index is 13.8. The molecule has 0 fully saturated rings. The van der Waals surface area contributed by atoms with E-state index in [-0.39, 0.29) is 18.2 Å². The number of rotatable bonds is 3. The summed E-state index contributed by atoms with van der Waals surface area (Å²) in [6, 6.07) is 11.4. The minimum Gasteiger partial charge on any atom is -0.508 e. The summed E-state index contributed by atoms with van der Waals surface area (Å²) in [7, 11) is 0. The van der Waals surface area contributed by atoms with Crippen molar-refractivity contribution in [2.75, 3.05) is 0 Å². The summed E-state index contributed by atoms with van der Waals surface area (Å²) in [5, 5.41) is 9.88. The highest BCUT2D eigenvalue weighted by Crippen LogP contribution is 2.24. The second kappa shape index (κ2) is 4.65. The Kier molecular flexibility index (Phi) is 2.83. The molecule has 0 amide bonds. The zero-order valence-corrected chi connectivity index (χ0v) is 10.1. The highest BCUT2D eigenvalue weighted by molar-refractivity contribution is 5.83. The molecule has 3 nitrogen and oxygen atoms in total. The van der Waals surface area contributed by atoms with E-state index in [1.54, 1.807) is 30.5 Å². The zero-order chi connectivity index (χ0) is 13.2. The number of halogens is 1. The van der Waals surface area contributed by atoms with Crippen LogP contribution in [-0.2, 0) is 6.61 Å². The minimum atomic E-state index is -0.270. The third-order valence-corrected chi connectivity index (χ3v) is 2.95. The Hall–Kier alpha value is -2.49. The Bertz CT molecular complexity index is 721. The predicted molar refractivity (Wildman–Crippen MR) is 70.7 cm³/mol. The first kappa shape index (κ1) is 11.6. The highest BCUT2D eigenvalue weighted by Gasteiger charge is 2.08. The van der Waals surface area contributed by atoms with Crippen LogP contribution in [0.25, 0.3) is 10.9 Å². The van der Waals surface area contributed by atoms with Crippen LogP contribution in [-0.4, -0.2) is 10.1 Å². The van der Waals surface area contributed by atoms with E-state index in [1.165, 1.54) is 12.1 Å². The molecule has 1 aromatic heterocycles. The van der Waals surface area contributed by atoms with Crippen LogP contribution in [0, 0.1) is 5.82 Å². The number of hydrogen-bond acceptors (Lipinski definition) is 2. The van der Waals surface area contributed by atoms with Gasteiger partial charge >= 0.3 is 0 Å². The van der Waals surface area contributed by atoms with Gasteiger partial charge in [-0.05, 0) is 24.3 Å². The predicted octanol–water partition coefficient (Wildman–Crippen LogP) is 3.59. The molecule has 4 heteroatoms. The number of aromatic amines is 1. The van der Waals surface area contributed by atoms with Crippen LogP contribution in [0.15, 0.2) is 48.7 Å². The van der Waals surface area contributed by atoms with E-state index in [1.807, 2.05) is 6.07 Å². The average molecular weight is 257 g/mol. The molecule has 0 aliphatic heterocycles. The van der Waals surface area contributed by atoms with Gasteiger partial charge in [0, 0.05) is 28.7 Å². The van der Waals surface area contributed by atoms with Crippen LogP contribution < -0.4 is 4.74 Å². The number of hydrogen-bond donors (Lipinski definition) is 2. The largest absolute Gasteiger partial charge is 0.508 e. The quantitative estimate of drug-likeness (QED) is 0.753. The zero-order valence-electron chi connectivity index (χ0n) is 10.1. The number of H-pyrrole nitrogens is 1. The summed E-state index contributed by atoms with van der Waals surface area (Å²) in [6.07, 6.45) is 1.73. The molecule has 0 saturated carbocycles. The van der Waals surface area contributed by atoms with Crippen LogP contribution in [0.2, 0.25) is 0 Å². The van der Waals surface area contributed by atoms with Gasteiger partial charge in [-0.3, -0.25) is 0 Å². The Balaban J connectivity index is 1.86. The van der Waals surface area contributed by atoms with Crippen LogP contribution in [0.1, 0.15) is 5.56 Å². The minimum absolute atomic E-state index is 0.141. The third-order valence-electron chi connectivity index (χ3n) is 2.95. The van der Waals surface area contributed by atoms with E-state index in [4.69, 9.17) is 4.74 Å². The van der Waals surface area contributed by atoms with E-state index >= 15 is 0 Å². The van der Waals surface area contributed by atoms with E-state index in [0.29, 0.717) is 11.1 Å². The molecule has 3 aromatic rings. The van der Waals surface area contributed by atoms with Crippen LogP contribution >= 0.6 is 0 Å². The number of fused-ring (bicyclic) bond motifs is 1. The summed E-state index contributed by atoms with van der Waals surface area (Å²) in [5.74, 6) is 0.418. The lowest BCUT2D eigenvalue weighted by Crippen LogP contribution is -1.95. The molecule has 0 aliphatic carbocycles. The Morgan fingerprint density at radius 2 is 2.00 bits per heavy atom. The molecule has 0 saturated heterocycles. The van der Waals surface area contributed by atoms with Gasteiger partial charge < -0.3 is 14.8 Å². The topological polar surface area (TPSA) is 45.2 Å². The monoisotopic (exact) mass is 257 g/mol. The molecule has 3 rings (SSSR count). The normalized spacial score (nSPS) is 10.8. The van der Waals surface area contributed by atoms with E-state index in [2.05, 4.69) is 4.98 Å². The number of ether oxygens (including phenoxy) is 1. The fraction of sp³-hybridized carbons (Fsp3) is 0.0667. The van der Waals surface area contributed by atoms with Crippen molar-refractivity contribution in [3.63, 3.8) is 0 Å². The molecule has 0 atom stereocenters. The van der Waals surface area contributed by atoms with Crippen molar-refractivity contribution < 1.29 is 14.2 Å². The van der Waals surface area contributed by atoms with Gasteiger partial charge in [0.1, 0.15) is 23.9 Å². The number of aromatic hydroxyl groups is 1. The first-order chi connectivity index (χ1) is 9.24. The Morgan fingerprint density at radius 3 is 2.84 bits per heavy atom. The van der Waals surface area contributed by atoms with Crippen LogP contribution in [0.4, 0.5) is 4.39 Å². The van der Waals surface area contributed by atoms with E-state index in [0.717, 1.165) is 11.1 Å². The summed E-state index contributed by atoms with van der Waals surface area (Å²) in [6.45, 7) is 0.240. The van der Waals surface area contributed by atoms with Gasteiger partial charge in [-0.25, -0.2) is 4.39 Å². The van der Waals surface area contributed by atoms with E-state index in [9.17, 15) is 9.50 Å². The van der Waals surface area contributed by atoms with Crippen LogP contribution in [0.5, 0.6) is 11.5 Å². The highest BCUT2D eigenvalue weighted by atomic mass is 19.1. The van der Waals surface area contributed by atoms with Crippen molar-refractivity contribution in [2.24, 2.45) is 0 Å². The average Bonchev–Trinajstić information content (AvgIpc) is 2.81. The van der Waals surface area contributed by atoms with Crippen molar-refractivity contribution in [3.05, 3.63) is 60.0 Å². The fourth-order valence-electron chi connectivity index (χ4n) is 2.06. The first-order valence-corrected chi connectivity index (χ1v) is 5.90. The molecule has 0 radical (unpaired) electrons. The van der Waals surface area contributed by atoms with Gasteiger partial charge in [0.05, 0.1) is 0 Å². The Labute approximate surface area is 109 Å². The molecule has 2 aromatic carbocycles. The lowest BCUT2D eigenvalue weighted by molar-refractivity contribution is 0.305.